The van der Waals surface area contributed by atoms with Gasteiger partial charge in [0.25, 0.3) is 0 Å². The number of aromatic nitrogens is 1. The molecular weight excluding hydrogens is 215 g/mol. The summed E-state index contributed by atoms with van der Waals surface area (Å²) >= 11 is 0. The number of alkyl halides is 1. The third-order valence-electron chi connectivity index (χ3n) is 3.61. The van der Waals surface area contributed by atoms with Gasteiger partial charge in [0.05, 0.1) is 5.52 Å². The molecule has 1 unspecified atom stereocenters. The summed E-state index contributed by atoms with van der Waals surface area (Å²) in [5, 5.41) is 0.884. The van der Waals surface area contributed by atoms with Crippen LogP contribution in [-0.4, -0.2) is 11.5 Å². The third-order valence-corrected chi connectivity index (χ3v) is 3.61. The van der Waals surface area contributed by atoms with Gasteiger partial charge in [-0.1, -0.05) is 18.2 Å². The Bertz CT molecular complexity index is 545. The number of pyridine rings is 1. The van der Waals surface area contributed by atoms with Gasteiger partial charge in [0.15, 0.2) is 5.67 Å². The van der Waals surface area contributed by atoms with Crippen LogP contribution in [0.2, 0.25) is 0 Å². The van der Waals surface area contributed by atoms with Gasteiger partial charge in [0.2, 0.25) is 0 Å². The van der Waals surface area contributed by atoms with Gasteiger partial charge in [-0.05, 0) is 36.5 Å². The molecule has 2 N–H and O–H groups in total. The predicted octanol–water partition coefficient (Wildman–Crippen LogP) is 2.77. The van der Waals surface area contributed by atoms with E-state index >= 15 is 4.39 Å². The van der Waals surface area contributed by atoms with E-state index in [9.17, 15) is 0 Å². The predicted molar refractivity (Wildman–Crippen MR) is 66.3 cm³/mol. The Morgan fingerprint density at radius 3 is 2.82 bits per heavy atom. The number of benzene rings is 1. The Kier molecular flexibility index (Phi) is 2.37. The van der Waals surface area contributed by atoms with Crippen LogP contribution in [0, 0.1) is 5.92 Å². The van der Waals surface area contributed by atoms with Gasteiger partial charge >= 0.3 is 0 Å². The minimum absolute atomic E-state index is 0.0473. The highest BCUT2D eigenvalue weighted by atomic mass is 19.1. The van der Waals surface area contributed by atoms with Crippen molar-refractivity contribution < 1.29 is 4.39 Å². The Morgan fingerprint density at radius 2 is 2.12 bits per heavy atom. The Hall–Kier alpha value is -1.48. The maximum Gasteiger partial charge on any atom is 0.151 e. The van der Waals surface area contributed by atoms with Crippen LogP contribution in [0.15, 0.2) is 36.5 Å². The Morgan fingerprint density at radius 1 is 1.29 bits per heavy atom. The molecule has 0 saturated heterocycles. The van der Waals surface area contributed by atoms with Crippen molar-refractivity contribution in [2.24, 2.45) is 11.7 Å². The number of halogens is 1. The zero-order valence-electron chi connectivity index (χ0n) is 9.57. The van der Waals surface area contributed by atoms with Crippen molar-refractivity contribution in [2.45, 2.75) is 18.5 Å². The van der Waals surface area contributed by atoms with Crippen molar-refractivity contribution in [3.05, 3.63) is 42.1 Å². The summed E-state index contributed by atoms with van der Waals surface area (Å²) in [6.07, 6.45) is 3.60. The van der Waals surface area contributed by atoms with Gasteiger partial charge in [0.1, 0.15) is 0 Å². The smallest absolute Gasteiger partial charge is 0.151 e. The molecule has 1 aliphatic carbocycles. The molecule has 1 fully saturated rings. The second-order valence-electron chi connectivity index (χ2n) is 4.72. The lowest BCUT2D eigenvalue weighted by atomic mass is 9.88. The van der Waals surface area contributed by atoms with E-state index in [-0.39, 0.29) is 12.5 Å². The van der Waals surface area contributed by atoms with Crippen LogP contribution in [-0.2, 0) is 5.67 Å². The quantitative estimate of drug-likeness (QED) is 0.880. The molecule has 1 atom stereocenters. The minimum atomic E-state index is -1.39. The molecule has 1 saturated carbocycles. The summed E-state index contributed by atoms with van der Waals surface area (Å²) in [7, 11) is 0. The van der Waals surface area contributed by atoms with Crippen LogP contribution in [0.25, 0.3) is 10.9 Å². The van der Waals surface area contributed by atoms with E-state index < -0.39 is 5.67 Å². The van der Waals surface area contributed by atoms with E-state index in [2.05, 4.69) is 4.98 Å². The van der Waals surface area contributed by atoms with E-state index in [1.54, 1.807) is 6.20 Å². The normalized spacial score (nSPS) is 19.2. The third kappa shape index (κ3) is 1.62. The van der Waals surface area contributed by atoms with Crippen molar-refractivity contribution in [3.63, 3.8) is 0 Å². The molecular formula is C14H15FN2. The van der Waals surface area contributed by atoms with E-state index in [1.807, 2.05) is 30.3 Å². The van der Waals surface area contributed by atoms with Crippen molar-refractivity contribution in [3.8, 4) is 0 Å². The van der Waals surface area contributed by atoms with E-state index in [0.717, 1.165) is 23.7 Å². The Labute approximate surface area is 99.7 Å². The van der Waals surface area contributed by atoms with E-state index in [1.165, 1.54) is 0 Å². The SMILES string of the molecule is NCC(F)(c1cccc2ncccc12)C1CC1. The minimum Gasteiger partial charge on any atom is -0.327 e. The number of nitrogens with two attached hydrogens (primary N) is 1. The fourth-order valence-electron chi connectivity index (χ4n) is 2.50. The highest BCUT2D eigenvalue weighted by molar-refractivity contribution is 5.83. The zero-order chi connectivity index (χ0) is 11.9. The summed E-state index contributed by atoms with van der Waals surface area (Å²) in [6, 6.07) is 9.37. The van der Waals surface area contributed by atoms with Crippen molar-refractivity contribution in [1.82, 2.24) is 4.98 Å². The van der Waals surface area contributed by atoms with Crippen molar-refractivity contribution >= 4 is 10.9 Å². The highest BCUT2D eigenvalue weighted by Crippen LogP contribution is 2.49. The van der Waals surface area contributed by atoms with Crippen LogP contribution in [0.5, 0.6) is 0 Å². The molecule has 0 bridgehead atoms. The second-order valence-corrected chi connectivity index (χ2v) is 4.72. The number of hydrogen-bond donors (Lipinski definition) is 1. The monoisotopic (exact) mass is 230 g/mol. The van der Waals surface area contributed by atoms with Gasteiger partial charge in [-0.3, -0.25) is 4.98 Å². The first kappa shape index (κ1) is 10.7. The molecule has 2 nitrogen and oxygen atoms in total. The maximum absolute atomic E-state index is 15.0. The molecule has 1 heterocycles. The number of fused-ring (bicyclic) bond motifs is 1. The number of rotatable bonds is 3. The molecule has 0 aliphatic heterocycles. The van der Waals surface area contributed by atoms with Gasteiger partial charge in [-0.15, -0.1) is 0 Å². The fourth-order valence-corrected chi connectivity index (χ4v) is 2.50. The van der Waals surface area contributed by atoms with E-state index in [0.29, 0.717) is 5.56 Å². The average molecular weight is 230 g/mol. The van der Waals surface area contributed by atoms with Gasteiger partial charge in [0, 0.05) is 18.1 Å². The lowest BCUT2D eigenvalue weighted by Crippen LogP contribution is -2.32. The first-order chi connectivity index (χ1) is 8.25. The van der Waals surface area contributed by atoms with Gasteiger partial charge < -0.3 is 5.73 Å². The zero-order valence-corrected chi connectivity index (χ0v) is 9.57. The molecule has 17 heavy (non-hydrogen) atoms. The van der Waals surface area contributed by atoms with Crippen LogP contribution in [0.1, 0.15) is 18.4 Å². The molecule has 88 valence electrons. The average Bonchev–Trinajstić information content (AvgIpc) is 3.22. The van der Waals surface area contributed by atoms with Crippen LogP contribution < -0.4 is 5.73 Å². The summed E-state index contributed by atoms with van der Waals surface area (Å²) in [6.45, 7) is 0.0473. The summed E-state index contributed by atoms with van der Waals surface area (Å²) < 4.78 is 15.0. The van der Waals surface area contributed by atoms with Crippen molar-refractivity contribution in [2.75, 3.05) is 6.54 Å². The number of hydrogen-bond acceptors (Lipinski definition) is 2. The van der Waals surface area contributed by atoms with Crippen molar-refractivity contribution in [1.29, 1.82) is 0 Å². The standard InChI is InChI=1S/C14H15FN2/c15-14(9-16,10-6-7-10)12-4-1-5-13-11(12)3-2-8-17-13/h1-5,8,10H,6-7,9,16H2. The molecule has 0 spiro atoms. The van der Waals surface area contributed by atoms with Crippen LogP contribution in [0.4, 0.5) is 4.39 Å². The molecule has 1 aromatic carbocycles. The summed E-state index contributed by atoms with van der Waals surface area (Å²) in [5.74, 6) is 0.0818. The fraction of sp³-hybridized carbons (Fsp3) is 0.357. The lowest BCUT2D eigenvalue weighted by Gasteiger charge is -2.25. The largest absolute Gasteiger partial charge is 0.327 e. The first-order valence-electron chi connectivity index (χ1n) is 5.99. The molecule has 1 aromatic heterocycles. The number of nitrogens with zero attached hydrogens (tertiary/aromatic N) is 1. The second kappa shape index (κ2) is 3.77. The topological polar surface area (TPSA) is 38.9 Å². The molecule has 0 radical (unpaired) electrons. The van der Waals surface area contributed by atoms with Crippen LogP contribution in [0.3, 0.4) is 0 Å². The lowest BCUT2D eigenvalue weighted by molar-refractivity contribution is 0.145. The van der Waals surface area contributed by atoms with Gasteiger partial charge in [-0.2, -0.15) is 0 Å². The molecule has 3 rings (SSSR count). The first-order valence-corrected chi connectivity index (χ1v) is 5.99. The Balaban J connectivity index is 2.22. The summed E-state index contributed by atoms with van der Waals surface area (Å²) in [5.41, 5.74) is 5.83. The van der Waals surface area contributed by atoms with E-state index in [4.69, 9.17) is 5.73 Å². The molecule has 0 amide bonds. The maximum atomic E-state index is 15.0. The van der Waals surface area contributed by atoms with Gasteiger partial charge in [-0.25, -0.2) is 4.39 Å². The molecule has 1 aliphatic rings. The van der Waals surface area contributed by atoms with Crippen LogP contribution >= 0.6 is 0 Å². The molecule has 2 aromatic rings. The summed E-state index contributed by atoms with van der Waals surface area (Å²) in [4.78, 5) is 4.26. The highest BCUT2D eigenvalue weighted by Gasteiger charge is 2.46. The molecule has 3 heteroatoms.